The predicted molar refractivity (Wildman–Crippen MR) is 74.1 cm³/mol. The topological polar surface area (TPSA) is 39.7 Å². The number of hydrogen-bond donors (Lipinski definition) is 1. The summed E-state index contributed by atoms with van der Waals surface area (Å²) < 4.78 is 16.4. The maximum atomic E-state index is 5.67. The molecule has 102 valence electrons. The van der Waals surface area contributed by atoms with Crippen molar-refractivity contribution in [2.45, 2.75) is 12.6 Å². The van der Waals surface area contributed by atoms with Gasteiger partial charge in [0.1, 0.15) is 12.4 Å². The zero-order chi connectivity index (χ0) is 13.4. The minimum Gasteiger partial charge on any atom is -0.491 e. The molecule has 0 saturated carbocycles. The van der Waals surface area contributed by atoms with Crippen molar-refractivity contribution in [1.29, 1.82) is 0 Å². The second-order valence-corrected chi connectivity index (χ2v) is 4.97. The number of nitrogens with one attached hydrogen (secondary N) is 1. The van der Waals surface area contributed by atoms with E-state index >= 15 is 0 Å². The Morgan fingerprint density at radius 3 is 2.85 bits per heavy atom. The van der Waals surface area contributed by atoms with E-state index in [0.717, 1.165) is 23.8 Å². The first-order valence-corrected chi connectivity index (χ1v) is 6.74. The van der Waals surface area contributed by atoms with E-state index in [2.05, 4.69) is 17.4 Å². The van der Waals surface area contributed by atoms with Crippen molar-refractivity contribution in [3.05, 3.63) is 53.6 Å². The number of hydrogen-bond acceptors (Lipinski definition) is 4. The van der Waals surface area contributed by atoms with Crippen LogP contribution in [0.3, 0.4) is 0 Å². The van der Waals surface area contributed by atoms with Crippen molar-refractivity contribution in [1.82, 2.24) is 5.32 Å². The standard InChI is InChI=1S/C16H15NO3/c1-2-4-14-12(3-1)13(9-18-14)17-8-11-5-6-15-16(7-11)20-10-19-15/h1-7,13,17H,8-10H2. The highest BCUT2D eigenvalue weighted by Crippen LogP contribution is 2.34. The molecule has 0 bridgehead atoms. The molecule has 0 saturated heterocycles. The molecule has 1 atom stereocenters. The van der Waals surface area contributed by atoms with E-state index in [0.29, 0.717) is 13.4 Å². The van der Waals surface area contributed by atoms with Gasteiger partial charge in [0.05, 0.1) is 6.04 Å². The molecule has 2 aliphatic rings. The average Bonchev–Trinajstić information content (AvgIpc) is 3.11. The quantitative estimate of drug-likeness (QED) is 0.930. The smallest absolute Gasteiger partial charge is 0.231 e. The molecule has 1 unspecified atom stereocenters. The third kappa shape index (κ3) is 1.98. The minimum absolute atomic E-state index is 0.247. The Labute approximate surface area is 117 Å². The van der Waals surface area contributed by atoms with Crippen molar-refractivity contribution < 1.29 is 14.2 Å². The van der Waals surface area contributed by atoms with Gasteiger partial charge in [-0.05, 0) is 23.8 Å². The highest BCUT2D eigenvalue weighted by Gasteiger charge is 2.23. The molecular weight excluding hydrogens is 254 g/mol. The maximum Gasteiger partial charge on any atom is 0.231 e. The zero-order valence-corrected chi connectivity index (χ0v) is 11.0. The lowest BCUT2D eigenvalue weighted by Gasteiger charge is -2.12. The molecule has 20 heavy (non-hydrogen) atoms. The van der Waals surface area contributed by atoms with Crippen molar-refractivity contribution in [2.75, 3.05) is 13.4 Å². The van der Waals surface area contributed by atoms with Crippen LogP contribution in [0.25, 0.3) is 0 Å². The lowest BCUT2D eigenvalue weighted by atomic mass is 10.1. The molecule has 0 fully saturated rings. The Kier molecular flexibility index (Phi) is 2.74. The number of fused-ring (bicyclic) bond motifs is 2. The predicted octanol–water partition coefficient (Wildman–Crippen LogP) is 2.64. The zero-order valence-electron chi connectivity index (χ0n) is 11.0. The summed E-state index contributed by atoms with van der Waals surface area (Å²) in [4.78, 5) is 0. The van der Waals surface area contributed by atoms with Gasteiger partial charge in [0.2, 0.25) is 6.79 Å². The molecule has 2 aliphatic heterocycles. The van der Waals surface area contributed by atoms with E-state index in [-0.39, 0.29) is 6.04 Å². The fourth-order valence-corrected chi connectivity index (χ4v) is 2.62. The van der Waals surface area contributed by atoms with Gasteiger partial charge in [0, 0.05) is 12.1 Å². The molecule has 4 heteroatoms. The van der Waals surface area contributed by atoms with Gasteiger partial charge >= 0.3 is 0 Å². The van der Waals surface area contributed by atoms with Gasteiger partial charge in [-0.3, -0.25) is 0 Å². The summed E-state index contributed by atoms with van der Waals surface area (Å²) in [6, 6.07) is 14.5. The van der Waals surface area contributed by atoms with Gasteiger partial charge < -0.3 is 19.5 Å². The molecule has 0 aromatic heterocycles. The van der Waals surface area contributed by atoms with Crippen LogP contribution in [0, 0.1) is 0 Å². The van der Waals surface area contributed by atoms with Gasteiger partial charge in [0.15, 0.2) is 11.5 Å². The Morgan fingerprint density at radius 1 is 0.950 bits per heavy atom. The number of ether oxygens (including phenoxy) is 3. The molecule has 0 aliphatic carbocycles. The summed E-state index contributed by atoms with van der Waals surface area (Å²) in [6.07, 6.45) is 0. The van der Waals surface area contributed by atoms with Crippen LogP contribution in [0.2, 0.25) is 0 Å². The van der Waals surface area contributed by atoms with Crippen LogP contribution in [0.15, 0.2) is 42.5 Å². The first-order valence-electron chi connectivity index (χ1n) is 6.74. The Balaban J connectivity index is 1.46. The monoisotopic (exact) mass is 269 g/mol. The summed E-state index contributed by atoms with van der Waals surface area (Å²) in [5.74, 6) is 2.63. The maximum absolute atomic E-state index is 5.67. The molecule has 2 aromatic carbocycles. The molecule has 0 radical (unpaired) electrons. The van der Waals surface area contributed by atoms with Gasteiger partial charge in [0.25, 0.3) is 0 Å². The largest absolute Gasteiger partial charge is 0.491 e. The third-order valence-corrected chi connectivity index (χ3v) is 3.69. The first-order chi connectivity index (χ1) is 9.90. The van der Waals surface area contributed by atoms with Crippen LogP contribution in [-0.4, -0.2) is 13.4 Å². The molecule has 4 nitrogen and oxygen atoms in total. The second kappa shape index (κ2) is 4.72. The van der Waals surface area contributed by atoms with Crippen LogP contribution in [0.1, 0.15) is 17.2 Å². The minimum atomic E-state index is 0.247. The van der Waals surface area contributed by atoms with Crippen LogP contribution in [-0.2, 0) is 6.54 Å². The second-order valence-electron chi connectivity index (χ2n) is 4.97. The molecular formula is C16H15NO3. The Bertz CT molecular complexity index is 641. The van der Waals surface area contributed by atoms with E-state index in [1.807, 2.05) is 30.3 Å². The van der Waals surface area contributed by atoms with E-state index < -0.39 is 0 Å². The number of para-hydroxylation sites is 1. The van der Waals surface area contributed by atoms with Gasteiger partial charge in [-0.1, -0.05) is 24.3 Å². The highest BCUT2D eigenvalue weighted by molar-refractivity contribution is 5.44. The summed E-state index contributed by atoms with van der Waals surface area (Å²) in [7, 11) is 0. The molecule has 2 heterocycles. The lowest BCUT2D eigenvalue weighted by Crippen LogP contribution is -2.21. The van der Waals surface area contributed by atoms with E-state index in [1.54, 1.807) is 0 Å². The van der Waals surface area contributed by atoms with Gasteiger partial charge in [-0.25, -0.2) is 0 Å². The highest BCUT2D eigenvalue weighted by atomic mass is 16.7. The van der Waals surface area contributed by atoms with E-state index in [4.69, 9.17) is 14.2 Å². The van der Waals surface area contributed by atoms with Crippen LogP contribution in [0.5, 0.6) is 17.2 Å². The molecule has 2 aromatic rings. The van der Waals surface area contributed by atoms with Crippen molar-refractivity contribution in [3.63, 3.8) is 0 Å². The Hall–Kier alpha value is -2.20. The Morgan fingerprint density at radius 2 is 1.85 bits per heavy atom. The molecule has 0 amide bonds. The van der Waals surface area contributed by atoms with Crippen LogP contribution >= 0.6 is 0 Å². The van der Waals surface area contributed by atoms with Crippen molar-refractivity contribution in [3.8, 4) is 17.2 Å². The average molecular weight is 269 g/mol. The number of benzene rings is 2. The summed E-state index contributed by atoms with van der Waals surface area (Å²) in [5, 5.41) is 3.52. The first kappa shape index (κ1) is 11.6. The van der Waals surface area contributed by atoms with Crippen molar-refractivity contribution >= 4 is 0 Å². The van der Waals surface area contributed by atoms with E-state index in [9.17, 15) is 0 Å². The summed E-state index contributed by atoms with van der Waals surface area (Å²) in [6.45, 7) is 1.78. The number of rotatable bonds is 3. The fourth-order valence-electron chi connectivity index (χ4n) is 2.62. The molecule has 4 rings (SSSR count). The fraction of sp³-hybridized carbons (Fsp3) is 0.250. The van der Waals surface area contributed by atoms with Crippen molar-refractivity contribution in [2.24, 2.45) is 0 Å². The third-order valence-electron chi connectivity index (χ3n) is 3.69. The van der Waals surface area contributed by atoms with Gasteiger partial charge in [-0.15, -0.1) is 0 Å². The SMILES string of the molecule is c1ccc2c(c1)OCC2NCc1ccc2c(c1)OCO2. The van der Waals surface area contributed by atoms with E-state index in [1.165, 1.54) is 11.1 Å². The summed E-state index contributed by atoms with van der Waals surface area (Å²) in [5.41, 5.74) is 2.41. The summed E-state index contributed by atoms with van der Waals surface area (Å²) >= 11 is 0. The van der Waals surface area contributed by atoms with Gasteiger partial charge in [-0.2, -0.15) is 0 Å². The molecule has 1 N–H and O–H groups in total. The van der Waals surface area contributed by atoms with Crippen LogP contribution in [0.4, 0.5) is 0 Å². The normalized spacial score (nSPS) is 18.7. The van der Waals surface area contributed by atoms with Crippen LogP contribution < -0.4 is 19.5 Å². The molecule has 0 spiro atoms. The lowest BCUT2D eigenvalue weighted by molar-refractivity contribution is 0.174.